The number of hydrogen-bond acceptors (Lipinski definition) is 3. The van der Waals surface area contributed by atoms with Gasteiger partial charge in [0.1, 0.15) is 5.60 Å². The molecule has 1 aliphatic heterocycles. The summed E-state index contributed by atoms with van der Waals surface area (Å²) < 4.78 is 5.63. The zero-order valence-corrected chi connectivity index (χ0v) is 15.8. The fourth-order valence-electron chi connectivity index (χ4n) is 3.66. The van der Waals surface area contributed by atoms with Gasteiger partial charge in [-0.15, -0.1) is 0 Å². The van der Waals surface area contributed by atoms with Crippen LogP contribution in [-0.4, -0.2) is 35.7 Å². The topological polar surface area (TPSA) is 55.6 Å². The summed E-state index contributed by atoms with van der Waals surface area (Å²) in [4.78, 5) is 14.6. The van der Waals surface area contributed by atoms with Gasteiger partial charge in [-0.25, -0.2) is 4.79 Å². The molecule has 0 radical (unpaired) electrons. The predicted octanol–water partition coefficient (Wildman–Crippen LogP) is 4.14. The predicted molar refractivity (Wildman–Crippen MR) is 98.3 cm³/mol. The summed E-state index contributed by atoms with van der Waals surface area (Å²) in [5, 5.41) is 0. The molecule has 0 aliphatic carbocycles. The van der Waals surface area contributed by atoms with Gasteiger partial charge in [0.25, 0.3) is 0 Å². The molecule has 0 spiro atoms. The van der Waals surface area contributed by atoms with E-state index in [1.807, 2.05) is 25.7 Å². The number of likely N-dealkylation sites (tertiary alicyclic amines) is 1. The largest absolute Gasteiger partial charge is 0.444 e. The molecule has 4 nitrogen and oxygen atoms in total. The van der Waals surface area contributed by atoms with Gasteiger partial charge in [-0.3, -0.25) is 0 Å². The molecule has 1 fully saturated rings. The van der Waals surface area contributed by atoms with Crippen molar-refractivity contribution in [2.45, 2.75) is 71.4 Å². The molecule has 2 unspecified atom stereocenters. The zero-order chi connectivity index (χ0) is 17.9. The lowest BCUT2D eigenvalue weighted by Gasteiger charge is -2.41. The summed E-state index contributed by atoms with van der Waals surface area (Å²) in [6.45, 7) is 11.2. The van der Waals surface area contributed by atoms with Gasteiger partial charge in [-0.05, 0) is 59.4 Å². The van der Waals surface area contributed by atoms with E-state index in [0.29, 0.717) is 6.54 Å². The Hall–Kier alpha value is -1.55. The minimum absolute atomic E-state index is 0.111. The van der Waals surface area contributed by atoms with Gasteiger partial charge in [0.05, 0.1) is 0 Å². The Kier molecular flexibility index (Phi) is 5.92. The molecule has 1 saturated heterocycles. The van der Waals surface area contributed by atoms with Crippen LogP contribution in [0.1, 0.15) is 62.6 Å². The van der Waals surface area contributed by atoms with Crippen LogP contribution in [-0.2, 0) is 4.74 Å². The van der Waals surface area contributed by atoms with Crippen LogP contribution in [0.25, 0.3) is 0 Å². The van der Waals surface area contributed by atoms with Crippen LogP contribution in [0.4, 0.5) is 4.79 Å². The standard InChI is InChI=1S/C20H32N2O2/c1-14-10-15(2)12-16(11-14)17(13-21)18-8-6-7-9-22(18)19(23)24-20(3,4)5/h10-12,17-18H,6-9,13,21H2,1-5H3. The second-order valence-electron chi connectivity index (χ2n) is 8.00. The van der Waals surface area contributed by atoms with Crippen molar-refractivity contribution in [2.24, 2.45) is 5.73 Å². The number of hydrogen-bond donors (Lipinski definition) is 1. The van der Waals surface area contributed by atoms with Crippen LogP contribution in [0.5, 0.6) is 0 Å². The lowest BCUT2D eigenvalue weighted by Crippen LogP contribution is -2.50. The third-order valence-corrected chi connectivity index (χ3v) is 4.57. The number of nitrogens with zero attached hydrogens (tertiary/aromatic N) is 1. The van der Waals surface area contributed by atoms with E-state index < -0.39 is 5.60 Å². The van der Waals surface area contributed by atoms with E-state index >= 15 is 0 Å². The summed E-state index contributed by atoms with van der Waals surface area (Å²) in [6.07, 6.45) is 2.93. The number of carbonyl (C=O) groups is 1. The molecular weight excluding hydrogens is 300 g/mol. The van der Waals surface area contributed by atoms with Gasteiger partial charge in [-0.2, -0.15) is 0 Å². The fraction of sp³-hybridized carbons (Fsp3) is 0.650. The molecule has 4 heteroatoms. The highest BCUT2D eigenvalue weighted by atomic mass is 16.6. The first-order valence-electron chi connectivity index (χ1n) is 8.99. The molecule has 2 rings (SSSR count). The number of nitrogens with two attached hydrogens (primary N) is 1. The van der Waals surface area contributed by atoms with Gasteiger partial charge in [-0.1, -0.05) is 29.3 Å². The Balaban J connectivity index is 2.28. The first-order valence-corrected chi connectivity index (χ1v) is 8.99. The van der Waals surface area contributed by atoms with Gasteiger partial charge in [0.15, 0.2) is 0 Å². The average molecular weight is 332 g/mol. The Morgan fingerprint density at radius 3 is 2.42 bits per heavy atom. The molecule has 1 amide bonds. The molecule has 2 atom stereocenters. The second kappa shape index (κ2) is 7.56. The van der Waals surface area contributed by atoms with Crippen molar-refractivity contribution >= 4 is 6.09 Å². The van der Waals surface area contributed by atoms with Crippen LogP contribution in [0, 0.1) is 13.8 Å². The maximum absolute atomic E-state index is 12.7. The van der Waals surface area contributed by atoms with Crippen LogP contribution >= 0.6 is 0 Å². The van der Waals surface area contributed by atoms with Crippen LogP contribution in [0.2, 0.25) is 0 Å². The van der Waals surface area contributed by atoms with Crippen molar-refractivity contribution in [1.29, 1.82) is 0 Å². The molecule has 0 saturated carbocycles. The van der Waals surface area contributed by atoms with Gasteiger partial charge in [0.2, 0.25) is 0 Å². The second-order valence-corrected chi connectivity index (χ2v) is 8.00. The van der Waals surface area contributed by atoms with Crippen molar-refractivity contribution in [3.63, 3.8) is 0 Å². The van der Waals surface area contributed by atoms with E-state index in [2.05, 4.69) is 32.0 Å². The highest BCUT2D eigenvalue weighted by molar-refractivity contribution is 5.69. The molecule has 0 bridgehead atoms. The van der Waals surface area contributed by atoms with E-state index in [1.54, 1.807) is 0 Å². The third kappa shape index (κ3) is 4.73. The van der Waals surface area contributed by atoms with Crippen molar-refractivity contribution in [2.75, 3.05) is 13.1 Å². The summed E-state index contributed by atoms with van der Waals surface area (Å²) in [5.74, 6) is 0.149. The summed E-state index contributed by atoms with van der Waals surface area (Å²) in [6, 6.07) is 6.68. The van der Waals surface area contributed by atoms with Gasteiger partial charge < -0.3 is 15.4 Å². The van der Waals surface area contributed by atoms with Crippen molar-refractivity contribution in [3.8, 4) is 0 Å². The Labute approximate surface area is 146 Å². The Morgan fingerprint density at radius 1 is 1.25 bits per heavy atom. The molecule has 1 heterocycles. The quantitative estimate of drug-likeness (QED) is 0.905. The number of rotatable bonds is 3. The maximum Gasteiger partial charge on any atom is 0.410 e. The normalized spacial score (nSPS) is 19.9. The first-order chi connectivity index (χ1) is 11.2. The summed E-state index contributed by atoms with van der Waals surface area (Å²) >= 11 is 0. The Bertz CT molecular complexity index is 557. The molecule has 134 valence electrons. The molecule has 1 aliphatic rings. The van der Waals surface area contributed by atoms with Crippen LogP contribution in [0.3, 0.4) is 0 Å². The molecular formula is C20H32N2O2. The van der Waals surface area contributed by atoms with E-state index in [0.717, 1.165) is 25.8 Å². The van der Waals surface area contributed by atoms with E-state index in [1.165, 1.54) is 16.7 Å². The van der Waals surface area contributed by atoms with Crippen LogP contribution < -0.4 is 5.73 Å². The monoisotopic (exact) mass is 332 g/mol. The molecule has 1 aromatic rings. The summed E-state index contributed by atoms with van der Waals surface area (Å²) in [5.41, 5.74) is 9.38. The van der Waals surface area contributed by atoms with E-state index in [9.17, 15) is 4.79 Å². The molecule has 2 N–H and O–H groups in total. The van der Waals surface area contributed by atoms with Gasteiger partial charge >= 0.3 is 6.09 Å². The zero-order valence-electron chi connectivity index (χ0n) is 15.8. The molecule has 0 aromatic heterocycles. The number of ether oxygens (including phenoxy) is 1. The highest BCUT2D eigenvalue weighted by Gasteiger charge is 2.35. The summed E-state index contributed by atoms with van der Waals surface area (Å²) in [7, 11) is 0. The van der Waals surface area contributed by atoms with Gasteiger partial charge in [0, 0.05) is 25.0 Å². The molecule has 24 heavy (non-hydrogen) atoms. The number of benzene rings is 1. The first kappa shape index (κ1) is 18.8. The van der Waals surface area contributed by atoms with E-state index in [-0.39, 0.29) is 18.1 Å². The lowest BCUT2D eigenvalue weighted by molar-refractivity contribution is 0.00665. The van der Waals surface area contributed by atoms with Crippen LogP contribution in [0.15, 0.2) is 18.2 Å². The maximum atomic E-state index is 12.7. The number of amides is 1. The Morgan fingerprint density at radius 2 is 1.88 bits per heavy atom. The molecule has 1 aromatic carbocycles. The minimum atomic E-state index is -0.475. The third-order valence-electron chi connectivity index (χ3n) is 4.57. The minimum Gasteiger partial charge on any atom is -0.444 e. The smallest absolute Gasteiger partial charge is 0.410 e. The number of aryl methyl sites for hydroxylation is 2. The highest BCUT2D eigenvalue weighted by Crippen LogP contribution is 2.32. The number of carbonyl (C=O) groups excluding carboxylic acids is 1. The van der Waals surface area contributed by atoms with Crippen molar-refractivity contribution in [1.82, 2.24) is 4.90 Å². The lowest BCUT2D eigenvalue weighted by atomic mass is 9.84. The van der Waals surface area contributed by atoms with Crippen molar-refractivity contribution in [3.05, 3.63) is 34.9 Å². The van der Waals surface area contributed by atoms with E-state index in [4.69, 9.17) is 10.5 Å². The number of piperidine rings is 1. The van der Waals surface area contributed by atoms with Crippen molar-refractivity contribution < 1.29 is 9.53 Å². The fourth-order valence-corrected chi connectivity index (χ4v) is 3.66. The SMILES string of the molecule is Cc1cc(C)cc(C(CN)C2CCCCN2C(=O)OC(C)(C)C)c1. The average Bonchev–Trinajstić information content (AvgIpc) is 2.45.